The highest BCUT2D eigenvalue weighted by atomic mass is 19.1. The molecule has 0 heterocycles. The average molecular weight is 423 g/mol. The maximum atomic E-state index is 14.1. The minimum atomic E-state index is -1.41. The first-order valence-corrected chi connectivity index (χ1v) is 9.73. The van der Waals surface area contributed by atoms with Crippen LogP contribution in [0.3, 0.4) is 0 Å². The van der Waals surface area contributed by atoms with Gasteiger partial charge in [-0.15, -0.1) is 0 Å². The van der Waals surface area contributed by atoms with E-state index in [0.29, 0.717) is 0 Å². The zero-order chi connectivity index (χ0) is 22.0. The van der Waals surface area contributed by atoms with E-state index in [2.05, 4.69) is 5.32 Å². The lowest BCUT2D eigenvalue weighted by Crippen LogP contribution is -2.32. The van der Waals surface area contributed by atoms with Crippen molar-refractivity contribution in [3.63, 3.8) is 0 Å². The summed E-state index contributed by atoms with van der Waals surface area (Å²) in [6.07, 6.45) is -1.64. The first kappa shape index (κ1) is 20.5. The van der Waals surface area contributed by atoms with Crippen molar-refractivity contribution in [3.8, 4) is 11.1 Å². The van der Waals surface area contributed by atoms with Gasteiger partial charge in [-0.25, -0.2) is 13.6 Å². The molecule has 1 aliphatic carbocycles. The van der Waals surface area contributed by atoms with Gasteiger partial charge in [-0.1, -0.05) is 54.6 Å². The topological polar surface area (TPSA) is 75.6 Å². The number of carboxylic acids is 1. The van der Waals surface area contributed by atoms with Crippen LogP contribution in [0.1, 0.15) is 35.1 Å². The molecule has 1 amide bonds. The Labute approximate surface area is 177 Å². The minimum absolute atomic E-state index is 0.000590. The lowest BCUT2D eigenvalue weighted by molar-refractivity contribution is -0.137. The van der Waals surface area contributed by atoms with Crippen LogP contribution in [-0.4, -0.2) is 23.8 Å². The zero-order valence-corrected chi connectivity index (χ0v) is 16.3. The van der Waals surface area contributed by atoms with E-state index in [1.807, 2.05) is 48.5 Å². The summed E-state index contributed by atoms with van der Waals surface area (Å²) in [6, 6.07) is 17.4. The SMILES string of the molecule is O=C(O)CC(NC(=O)OCC1c2ccccc2-c2ccccc21)c1c(F)cccc1F. The van der Waals surface area contributed by atoms with Crippen LogP contribution in [0, 0.1) is 11.6 Å². The molecule has 0 saturated heterocycles. The van der Waals surface area contributed by atoms with Gasteiger partial charge in [0.25, 0.3) is 0 Å². The Kier molecular flexibility index (Phi) is 5.66. The molecule has 0 radical (unpaired) electrons. The number of carbonyl (C=O) groups excluding carboxylic acids is 1. The van der Waals surface area contributed by atoms with E-state index in [0.717, 1.165) is 34.4 Å². The summed E-state index contributed by atoms with van der Waals surface area (Å²) >= 11 is 0. The van der Waals surface area contributed by atoms with Gasteiger partial charge in [0.2, 0.25) is 0 Å². The fourth-order valence-electron chi connectivity index (χ4n) is 4.03. The Hall–Kier alpha value is -3.74. The van der Waals surface area contributed by atoms with Crippen molar-refractivity contribution >= 4 is 12.1 Å². The molecule has 1 atom stereocenters. The standard InChI is InChI=1S/C24H19F2NO4/c25-19-10-5-11-20(26)23(19)21(12-22(28)29)27-24(30)31-13-18-16-8-3-1-6-14(16)15-7-2-4-9-17(15)18/h1-11,18,21H,12-13H2,(H,27,30)(H,28,29). The van der Waals surface area contributed by atoms with E-state index in [1.165, 1.54) is 6.07 Å². The highest BCUT2D eigenvalue weighted by molar-refractivity contribution is 5.79. The van der Waals surface area contributed by atoms with E-state index < -0.39 is 41.7 Å². The molecule has 4 rings (SSSR count). The molecule has 1 aliphatic rings. The van der Waals surface area contributed by atoms with Gasteiger partial charge in [0.05, 0.1) is 12.5 Å². The quantitative estimate of drug-likeness (QED) is 0.584. The summed E-state index contributed by atoms with van der Waals surface area (Å²) < 4.78 is 33.6. The Balaban J connectivity index is 1.51. The van der Waals surface area contributed by atoms with Crippen molar-refractivity contribution in [2.24, 2.45) is 0 Å². The molecular weight excluding hydrogens is 404 g/mol. The van der Waals surface area contributed by atoms with Crippen LogP contribution in [-0.2, 0) is 9.53 Å². The lowest BCUT2D eigenvalue weighted by atomic mass is 9.98. The molecule has 0 bridgehead atoms. The number of ether oxygens (including phenoxy) is 1. The summed E-state index contributed by atoms with van der Waals surface area (Å²) in [5, 5.41) is 11.4. The number of benzene rings is 3. The van der Waals surface area contributed by atoms with Crippen molar-refractivity contribution in [2.75, 3.05) is 6.61 Å². The van der Waals surface area contributed by atoms with Gasteiger partial charge in [-0.3, -0.25) is 4.79 Å². The van der Waals surface area contributed by atoms with Crippen molar-refractivity contribution in [3.05, 3.63) is 95.1 Å². The molecule has 0 saturated carbocycles. The van der Waals surface area contributed by atoms with Gasteiger partial charge < -0.3 is 15.2 Å². The number of aliphatic carboxylic acids is 1. The molecule has 0 spiro atoms. The maximum Gasteiger partial charge on any atom is 0.407 e. The second kappa shape index (κ2) is 8.55. The summed E-state index contributed by atoms with van der Waals surface area (Å²) in [5.41, 5.74) is 3.63. The third kappa shape index (κ3) is 4.12. The first-order valence-electron chi connectivity index (χ1n) is 9.73. The van der Waals surface area contributed by atoms with Gasteiger partial charge in [0, 0.05) is 11.5 Å². The van der Waals surface area contributed by atoms with Gasteiger partial charge in [-0.2, -0.15) is 0 Å². The lowest BCUT2D eigenvalue weighted by Gasteiger charge is -2.20. The summed E-state index contributed by atoms with van der Waals surface area (Å²) in [4.78, 5) is 23.6. The molecule has 1 unspecified atom stereocenters. The number of amides is 1. The second-order valence-corrected chi connectivity index (χ2v) is 7.26. The van der Waals surface area contributed by atoms with Gasteiger partial charge in [-0.05, 0) is 34.4 Å². The molecule has 0 aliphatic heterocycles. The third-order valence-electron chi connectivity index (χ3n) is 5.36. The van der Waals surface area contributed by atoms with Crippen molar-refractivity contribution in [1.82, 2.24) is 5.32 Å². The smallest absolute Gasteiger partial charge is 0.407 e. The van der Waals surface area contributed by atoms with Gasteiger partial charge >= 0.3 is 12.1 Å². The molecular formula is C24H19F2NO4. The molecule has 5 nitrogen and oxygen atoms in total. The number of alkyl carbamates (subject to hydrolysis) is 1. The number of hydrogen-bond donors (Lipinski definition) is 2. The van der Waals surface area contributed by atoms with Gasteiger partial charge in [0.15, 0.2) is 0 Å². The Morgan fingerprint density at radius 1 is 0.903 bits per heavy atom. The van der Waals surface area contributed by atoms with E-state index in [4.69, 9.17) is 9.84 Å². The number of carboxylic acid groups (broad SMARTS) is 1. The maximum absolute atomic E-state index is 14.1. The predicted octanol–water partition coefficient (Wildman–Crippen LogP) is 5.02. The number of nitrogens with one attached hydrogen (secondary N) is 1. The molecule has 158 valence electrons. The third-order valence-corrected chi connectivity index (χ3v) is 5.36. The molecule has 2 N–H and O–H groups in total. The van der Waals surface area contributed by atoms with Crippen molar-refractivity contribution < 1.29 is 28.2 Å². The molecule has 7 heteroatoms. The summed E-state index contributed by atoms with van der Waals surface area (Å²) in [6.45, 7) is -0.000590. The normalized spacial score (nSPS) is 13.2. The van der Waals surface area contributed by atoms with E-state index in [1.54, 1.807) is 0 Å². The van der Waals surface area contributed by atoms with Crippen LogP contribution in [0.4, 0.5) is 13.6 Å². The Morgan fingerprint density at radius 2 is 1.45 bits per heavy atom. The summed E-state index contributed by atoms with van der Waals surface area (Å²) in [7, 11) is 0. The van der Waals surface area contributed by atoms with Crippen LogP contribution in [0.25, 0.3) is 11.1 Å². The van der Waals surface area contributed by atoms with Gasteiger partial charge in [0.1, 0.15) is 18.2 Å². The van der Waals surface area contributed by atoms with Crippen molar-refractivity contribution in [1.29, 1.82) is 0 Å². The number of halogens is 2. The molecule has 3 aromatic carbocycles. The molecule has 3 aromatic rings. The number of rotatable bonds is 6. The Bertz CT molecular complexity index is 1080. The zero-order valence-electron chi connectivity index (χ0n) is 16.3. The molecule has 0 fully saturated rings. The van der Waals surface area contributed by atoms with E-state index in [9.17, 15) is 18.4 Å². The number of hydrogen-bond acceptors (Lipinski definition) is 3. The number of fused-ring (bicyclic) bond motifs is 3. The van der Waals surface area contributed by atoms with Crippen LogP contribution in [0.2, 0.25) is 0 Å². The first-order chi connectivity index (χ1) is 15.0. The van der Waals surface area contributed by atoms with Crippen LogP contribution in [0.5, 0.6) is 0 Å². The van der Waals surface area contributed by atoms with E-state index >= 15 is 0 Å². The second-order valence-electron chi connectivity index (χ2n) is 7.26. The fraction of sp³-hybridized carbons (Fsp3) is 0.167. The van der Waals surface area contributed by atoms with E-state index in [-0.39, 0.29) is 12.5 Å². The highest BCUT2D eigenvalue weighted by Gasteiger charge is 2.30. The summed E-state index contributed by atoms with van der Waals surface area (Å²) in [5.74, 6) is -3.39. The van der Waals surface area contributed by atoms with Crippen LogP contribution < -0.4 is 5.32 Å². The molecule has 0 aromatic heterocycles. The monoisotopic (exact) mass is 423 g/mol. The average Bonchev–Trinajstić information content (AvgIpc) is 3.05. The molecule has 31 heavy (non-hydrogen) atoms. The van der Waals surface area contributed by atoms with Crippen LogP contribution >= 0.6 is 0 Å². The van der Waals surface area contributed by atoms with Crippen molar-refractivity contribution in [2.45, 2.75) is 18.4 Å². The number of carbonyl (C=O) groups is 2. The van der Waals surface area contributed by atoms with Crippen LogP contribution in [0.15, 0.2) is 66.7 Å². The predicted molar refractivity (Wildman–Crippen MR) is 110 cm³/mol. The highest BCUT2D eigenvalue weighted by Crippen LogP contribution is 2.44. The fourth-order valence-corrected chi connectivity index (χ4v) is 4.03. The minimum Gasteiger partial charge on any atom is -0.481 e. The Morgan fingerprint density at radius 3 is 2.00 bits per heavy atom. The largest absolute Gasteiger partial charge is 0.481 e.